The number of morpholine rings is 1. The Balaban J connectivity index is 1.75. The van der Waals surface area contributed by atoms with Crippen LogP contribution >= 0.6 is 0 Å². The minimum atomic E-state index is 0.131. The molecule has 3 rings (SSSR count). The fourth-order valence-corrected chi connectivity index (χ4v) is 2.57. The van der Waals surface area contributed by atoms with E-state index in [2.05, 4.69) is 11.8 Å². The third kappa shape index (κ3) is 2.31. The van der Waals surface area contributed by atoms with Crippen LogP contribution in [0.4, 0.5) is 0 Å². The van der Waals surface area contributed by atoms with E-state index in [9.17, 15) is 0 Å². The zero-order valence-electron chi connectivity index (χ0n) is 10.7. The highest BCUT2D eigenvalue weighted by Gasteiger charge is 2.31. The SMILES string of the molecule is CC1Oc2ccccc2OCC1N1CCOCC1. The number of hydrogen-bond acceptors (Lipinski definition) is 4. The van der Waals surface area contributed by atoms with Crippen LogP contribution in [0, 0.1) is 0 Å². The molecule has 2 heterocycles. The van der Waals surface area contributed by atoms with Gasteiger partial charge in [-0.3, -0.25) is 4.90 Å². The Labute approximate surface area is 107 Å². The maximum atomic E-state index is 6.02. The fraction of sp³-hybridized carbons (Fsp3) is 0.571. The summed E-state index contributed by atoms with van der Waals surface area (Å²) in [5.41, 5.74) is 0. The van der Waals surface area contributed by atoms with Gasteiger partial charge >= 0.3 is 0 Å². The predicted octanol–water partition coefficient (Wildman–Crippen LogP) is 1.55. The molecule has 18 heavy (non-hydrogen) atoms. The van der Waals surface area contributed by atoms with Crippen LogP contribution in [-0.2, 0) is 4.74 Å². The summed E-state index contributed by atoms with van der Waals surface area (Å²) in [6.07, 6.45) is 0.131. The standard InChI is InChI=1S/C14H19NO3/c1-11-12(15-6-8-16-9-7-15)10-17-13-4-2-3-5-14(13)18-11/h2-5,11-12H,6-10H2,1H3. The Morgan fingerprint density at radius 1 is 1.11 bits per heavy atom. The van der Waals surface area contributed by atoms with Crippen molar-refractivity contribution in [3.63, 3.8) is 0 Å². The van der Waals surface area contributed by atoms with E-state index in [4.69, 9.17) is 14.2 Å². The first-order valence-electron chi connectivity index (χ1n) is 6.55. The summed E-state index contributed by atoms with van der Waals surface area (Å²) in [4.78, 5) is 2.40. The summed E-state index contributed by atoms with van der Waals surface area (Å²) in [5, 5.41) is 0. The molecule has 1 fully saturated rings. The number of hydrogen-bond donors (Lipinski definition) is 0. The summed E-state index contributed by atoms with van der Waals surface area (Å²) in [6.45, 7) is 6.31. The molecule has 0 radical (unpaired) electrons. The predicted molar refractivity (Wildman–Crippen MR) is 68.2 cm³/mol. The van der Waals surface area contributed by atoms with Gasteiger partial charge in [0.15, 0.2) is 11.5 Å². The lowest BCUT2D eigenvalue weighted by Gasteiger charge is -2.35. The van der Waals surface area contributed by atoms with E-state index in [1.54, 1.807) is 0 Å². The molecule has 4 heteroatoms. The number of para-hydroxylation sites is 2. The van der Waals surface area contributed by atoms with Gasteiger partial charge in [0.1, 0.15) is 12.7 Å². The summed E-state index contributed by atoms with van der Waals surface area (Å²) in [6, 6.07) is 8.17. The Morgan fingerprint density at radius 3 is 2.61 bits per heavy atom. The van der Waals surface area contributed by atoms with Crippen molar-refractivity contribution >= 4 is 0 Å². The van der Waals surface area contributed by atoms with Crippen molar-refractivity contribution in [2.75, 3.05) is 32.9 Å². The molecule has 0 saturated carbocycles. The Kier molecular flexibility index (Phi) is 3.39. The maximum Gasteiger partial charge on any atom is 0.161 e. The van der Waals surface area contributed by atoms with Gasteiger partial charge in [-0.15, -0.1) is 0 Å². The first kappa shape index (κ1) is 11.8. The van der Waals surface area contributed by atoms with Crippen molar-refractivity contribution < 1.29 is 14.2 Å². The highest BCUT2D eigenvalue weighted by molar-refractivity contribution is 5.40. The lowest BCUT2D eigenvalue weighted by atomic mass is 10.1. The molecule has 1 aromatic rings. The molecule has 2 aliphatic rings. The van der Waals surface area contributed by atoms with Gasteiger partial charge in [0.05, 0.1) is 19.3 Å². The quantitative estimate of drug-likeness (QED) is 0.755. The smallest absolute Gasteiger partial charge is 0.161 e. The molecule has 0 amide bonds. The first-order valence-corrected chi connectivity index (χ1v) is 6.55. The average Bonchev–Trinajstić information content (AvgIpc) is 2.58. The van der Waals surface area contributed by atoms with E-state index in [-0.39, 0.29) is 6.10 Å². The van der Waals surface area contributed by atoms with E-state index in [1.807, 2.05) is 24.3 Å². The van der Waals surface area contributed by atoms with Crippen LogP contribution in [0.5, 0.6) is 11.5 Å². The van der Waals surface area contributed by atoms with Crippen molar-refractivity contribution in [3.05, 3.63) is 24.3 Å². The second-order valence-corrected chi connectivity index (χ2v) is 4.80. The van der Waals surface area contributed by atoms with Gasteiger partial charge in [-0.2, -0.15) is 0 Å². The van der Waals surface area contributed by atoms with Crippen LogP contribution in [0.2, 0.25) is 0 Å². The van der Waals surface area contributed by atoms with Crippen LogP contribution in [-0.4, -0.2) is 50.0 Å². The average molecular weight is 249 g/mol. The molecule has 1 saturated heterocycles. The molecule has 4 nitrogen and oxygen atoms in total. The Hall–Kier alpha value is -1.26. The van der Waals surface area contributed by atoms with Gasteiger partial charge in [0, 0.05) is 13.1 Å². The summed E-state index contributed by atoms with van der Waals surface area (Å²) in [5.74, 6) is 1.70. The van der Waals surface area contributed by atoms with Crippen molar-refractivity contribution in [1.82, 2.24) is 4.90 Å². The van der Waals surface area contributed by atoms with E-state index >= 15 is 0 Å². The highest BCUT2D eigenvalue weighted by Crippen LogP contribution is 2.31. The zero-order valence-corrected chi connectivity index (χ0v) is 10.7. The summed E-state index contributed by atoms with van der Waals surface area (Å²) >= 11 is 0. The van der Waals surface area contributed by atoms with Crippen LogP contribution in [0.1, 0.15) is 6.92 Å². The zero-order chi connectivity index (χ0) is 12.4. The van der Waals surface area contributed by atoms with E-state index in [0.29, 0.717) is 12.6 Å². The minimum Gasteiger partial charge on any atom is -0.488 e. The number of nitrogens with zero attached hydrogens (tertiary/aromatic N) is 1. The third-order valence-corrected chi connectivity index (χ3v) is 3.63. The lowest BCUT2D eigenvalue weighted by Crippen LogP contribution is -2.51. The van der Waals surface area contributed by atoms with Gasteiger partial charge in [-0.1, -0.05) is 12.1 Å². The number of benzene rings is 1. The Bertz CT molecular complexity index is 404. The van der Waals surface area contributed by atoms with Crippen molar-refractivity contribution in [2.24, 2.45) is 0 Å². The molecule has 0 aliphatic carbocycles. The van der Waals surface area contributed by atoms with Crippen LogP contribution in [0.15, 0.2) is 24.3 Å². The molecule has 2 atom stereocenters. The van der Waals surface area contributed by atoms with E-state index < -0.39 is 0 Å². The van der Waals surface area contributed by atoms with E-state index in [0.717, 1.165) is 37.8 Å². The minimum absolute atomic E-state index is 0.131. The molecule has 1 aromatic carbocycles. The largest absolute Gasteiger partial charge is 0.488 e. The van der Waals surface area contributed by atoms with Crippen molar-refractivity contribution in [1.29, 1.82) is 0 Å². The number of ether oxygens (including phenoxy) is 3. The molecule has 0 spiro atoms. The monoisotopic (exact) mass is 249 g/mol. The molecule has 2 unspecified atom stereocenters. The van der Waals surface area contributed by atoms with E-state index in [1.165, 1.54) is 0 Å². The second-order valence-electron chi connectivity index (χ2n) is 4.80. The normalized spacial score (nSPS) is 28.7. The molecule has 0 N–H and O–H groups in total. The fourth-order valence-electron chi connectivity index (χ4n) is 2.57. The Morgan fingerprint density at radius 2 is 1.83 bits per heavy atom. The topological polar surface area (TPSA) is 30.9 Å². The summed E-state index contributed by atoms with van der Waals surface area (Å²) < 4.78 is 17.3. The van der Waals surface area contributed by atoms with Crippen molar-refractivity contribution in [3.8, 4) is 11.5 Å². The lowest BCUT2D eigenvalue weighted by molar-refractivity contribution is -0.0178. The molecular weight excluding hydrogens is 230 g/mol. The molecule has 0 bridgehead atoms. The van der Waals surface area contributed by atoms with Gasteiger partial charge in [0.25, 0.3) is 0 Å². The van der Waals surface area contributed by atoms with Gasteiger partial charge in [-0.25, -0.2) is 0 Å². The molecule has 0 aromatic heterocycles. The second kappa shape index (κ2) is 5.16. The van der Waals surface area contributed by atoms with Crippen molar-refractivity contribution in [2.45, 2.75) is 19.1 Å². The molecular formula is C14H19NO3. The van der Waals surface area contributed by atoms with Crippen LogP contribution in [0.3, 0.4) is 0 Å². The molecule has 98 valence electrons. The van der Waals surface area contributed by atoms with Crippen LogP contribution < -0.4 is 9.47 Å². The maximum absolute atomic E-state index is 6.02. The molecule has 2 aliphatic heterocycles. The summed E-state index contributed by atoms with van der Waals surface area (Å²) in [7, 11) is 0. The number of rotatable bonds is 1. The van der Waals surface area contributed by atoms with Gasteiger partial charge < -0.3 is 14.2 Å². The third-order valence-electron chi connectivity index (χ3n) is 3.63. The van der Waals surface area contributed by atoms with Gasteiger partial charge in [0.2, 0.25) is 0 Å². The van der Waals surface area contributed by atoms with Crippen LogP contribution in [0.25, 0.3) is 0 Å². The highest BCUT2D eigenvalue weighted by atomic mass is 16.5. The van der Waals surface area contributed by atoms with Gasteiger partial charge in [-0.05, 0) is 19.1 Å². The first-order chi connectivity index (χ1) is 8.84. The number of fused-ring (bicyclic) bond motifs is 1.